The standard InChI is InChI=1S/C23H15ClN4O2/c24-15-8-4-7-14(9-15)22(29)26-16-10-17-20-18(12-25-28-23(17)30)21(27-19(20)11-16)13-5-2-1-3-6-13/h1-12,27H,(H,26,29)(H,28,30). The fraction of sp³-hybridized carbons (Fsp3) is 0. The number of rotatable bonds is 3. The zero-order chi connectivity index (χ0) is 20.7. The molecule has 4 aromatic rings. The Morgan fingerprint density at radius 3 is 2.63 bits per heavy atom. The van der Waals surface area contributed by atoms with Crippen molar-refractivity contribution < 1.29 is 9.59 Å². The Bertz CT molecular complexity index is 1340. The Morgan fingerprint density at radius 1 is 1.00 bits per heavy atom. The summed E-state index contributed by atoms with van der Waals surface area (Å²) in [5, 5.41) is 8.13. The summed E-state index contributed by atoms with van der Waals surface area (Å²) in [5.74, 6) is -0.656. The van der Waals surface area contributed by atoms with Crippen LogP contribution in [0.15, 0.2) is 71.8 Å². The van der Waals surface area contributed by atoms with Crippen molar-refractivity contribution in [2.75, 3.05) is 5.32 Å². The van der Waals surface area contributed by atoms with Crippen LogP contribution in [0.2, 0.25) is 5.02 Å². The van der Waals surface area contributed by atoms with Crippen molar-refractivity contribution in [3.63, 3.8) is 0 Å². The molecular weight excluding hydrogens is 400 g/mol. The van der Waals surface area contributed by atoms with Gasteiger partial charge in [-0.05, 0) is 35.9 Å². The van der Waals surface area contributed by atoms with Crippen LogP contribution in [-0.4, -0.2) is 23.0 Å². The maximum absolute atomic E-state index is 12.7. The van der Waals surface area contributed by atoms with Gasteiger partial charge < -0.3 is 10.3 Å². The van der Waals surface area contributed by atoms with Gasteiger partial charge in [-0.15, -0.1) is 0 Å². The molecule has 0 radical (unpaired) electrons. The van der Waals surface area contributed by atoms with Crippen molar-refractivity contribution in [3.05, 3.63) is 88.4 Å². The van der Waals surface area contributed by atoms with Crippen LogP contribution in [-0.2, 0) is 0 Å². The lowest BCUT2D eigenvalue weighted by Crippen LogP contribution is -2.17. The van der Waals surface area contributed by atoms with E-state index in [0.717, 1.165) is 27.7 Å². The van der Waals surface area contributed by atoms with E-state index in [9.17, 15) is 9.59 Å². The van der Waals surface area contributed by atoms with E-state index in [2.05, 4.69) is 20.8 Å². The van der Waals surface area contributed by atoms with Gasteiger partial charge in [-0.2, -0.15) is 5.10 Å². The van der Waals surface area contributed by atoms with Crippen molar-refractivity contribution in [3.8, 4) is 11.3 Å². The molecule has 0 fully saturated rings. The van der Waals surface area contributed by atoms with Crippen LogP contribution in [0.5, 0.6) is 0 Å². The fourth-order valence-electron chi connectivity index (χ4n) is 3.62. The minimum absolute atomic E-state index is 0.315. The third-order valence-corrected chi connectivity index (χ3v) is 5.18. The van der Waals surface area contributed by atoms with E-state index < -0.39 is 0 Å². The van der Waals surface area contributed by atoms with Gasteiger partial charge in [0.25, 0.3) is 11.8 Å². The van der Waals surface area contributed by atoms with E-state index >= 15 is 0 Å². The van der Waals surface area contributed by atoms with Gasteiger partial charge in [0.15, 0.2) is 0 Å². The molecule has 3 aromatic carbocycles. The molecule has 6 nitrogen and oxygen atoms in total. The third-order valence-electron chi connectivity index (χ3n) is 4.95. The summed E-state index contributed by atoms with van der Waals surface area (Å²) in [6.07, 6.45) is 1.64. The van der Waals surface area contributed by atoms with Crippen LogP contribution in [0.3, 0.4) is 0 Å². The van der Waals surface area contributed by atoms with Gasteiger partial charge in [0.2, 0.25) is 0 Å². The largest absolute Gasteiger partial charge is 0.354 e. The lowest BCUT2D eigenvalue weighted by Gasteiger charge is -2.08. The molecule has 1 aromatic heterocycles. The molecule has 0 saturated carbocycles. The highest BCUT2D eigenvalue weighted by Crippen LogP contribution is 2.34. The molecule has 0 saturated heterocycles. The highest BCUT2D eigenvalue weighted by molar-refractivity contribution is 6.31. The number of H-pyrrole nitrogens is 1. The van der Waals surface area contributed by atoms with Crippen molar-refractivity contribution >= 4 is 46.2 Å². The van der Waals surface area contributed by atoms with E-state index in [1.165, 1.54) is 0 Å². The molecule has 2 heterocycles. The van der Waals surface area contributed by atoms with E-state index in [-0.39, 0.29) is 11.8 Å². The highest BCUT2D eigenvalue weighted by atomic mass is 35.5. The monoisotopic (exact) mass is 414 g/mol. The molecular formula is C23H15ClN4O2. The van der Waals surface area contributed by atoms with Crippen molar-refractivity contribution in [2.24, 2.45) is 5.10 Å². The van der Waals surface area contributed by atoms with Gasteiger partial charge in [0.1, 0.15) is 0 Å². The number of hydrogen-bond donors (Lipinski definition) is 3. The predicted molar refractivity (Wildman–Crippen MR) is 118 cm³/mol. The minimum atomic E-state index is -0.340. The predicted octanol–water partition coefficient (Wildman–Crippen LogP) is 4.82. The summed E-state index contributed by atoms with van der Waals surface area (Å²) < 4.78 is 0. The first-order chi connectivity index (χ1) is 14.6. The number of anilines is 1. The second kappa shape index (κ2) is 7.17. The lowest BCUT2D eigenvalue weighted by molar-refractivity contribution is 0.0955. The SMILES string of the molecule is O=C(Nc1cc2c3c(c(-c4ccccc4)[nH]c3c1)C=NNC2=O)c1cccc(Cl)c1. The Kier molecular flexibility index (Phi) is 4.34. The van der Waals surface area contributed by atoms with E-state index in [1.807, 2.05) is 36.4 Å². The molecule has 1 aliphatic rings. The van der Waals surface area contributed by atoms with Crippen LogP contribution in [0.25, 0.3) is 22.2 Å². The molecule has 146 valence electrons. The number of carbonyl (C=O) groups is 2. The van der Waals surface area contributed by atoms with E-state index in [4.69, 9.17) is 11.6 Å². The number of hydrazone groups is 1. The van der Waals surface area contributed by atoms with Crippen molar-refractivity contribution in [1.82, 2.24) is 10.4 Å². The van der Waals surface area contributed by atoms with Crippen LogP contribution < -0.4 is 10.7 Å². The second-order valence-corrected chi connectivity index (χ2v) is 7.33. The Hall–Kier alpha value is -3.90. The fourth-order valence-corrected chi connectivity index (χ4v) is 3.81. The van der Waals surface area contributed by atoms with Gasteiger partial charge in [-0.25, -0.2) is 5.43 Å². The van der Waals surface area contributed by atoms with Crippen molar-refractivity contribution in [1.29, 1.82) is 0 Å². The number of aromatic nitrogens is 1. The van der Waals surface area contributed by atoms with Gasteiger partial charge in [-0.1, -0.05) is 48.0 Å². The second-order valence-electron chi connectivity index (χ2n) is 6.89. The number of benzene rings is 3. The molecule has 2 amide bonds. The van der Waals surface area contributed by atoms with Crippen molar-refractivity contribution in [2.45, 2.75) is 0 Å². The first kappa shape index (κ1) is 18.1. The van der Waals surface area contributed by atoms with Gasteiger partial charge in [0, 0.05) is 32.7 Å². The Morgan fingerprint density at radius 2 is 1.83 bits per heavy atom. The molecule has 1 aliphatic heterocycles. The maximum Gasteiger partial charge on any atom is 0.272 e. The van der Waals surface area contributed by atoms with Crippen LogP contribution >= 0.6 is 11.6 Å². The number of nitrogens with zero attached hydrogens (tertiary/aromatic N) is 1. The third kappa shape index (κ3) is 3.13. The summed E-state index contributed by atoms with van der Waals surface area (Å²) in [6, 6.07) is 19.9. The highest BCUT2D eigenvalue weighted by Gasteiger charge is 2.22. The number of hydrogen-bond acceptors (Lipinski definition) is 3. The molecule has 30 heavy (non-hydrogen) atoms. The first-order valence-electron chi connectivity index (χ1n) is 9.25. The smallest absolute Gasteiger partial charge is 0.272 e. The normalized spacial score (nSPS) is 12.5. The average Bonchev–Trinajstić information content (AvgIpc) is 3.03. The van der Waals surface area contributed by atoms with E-state index in [0.29, 0.717) is 21.8 Å². The molecule has 5 rings (SSSR count). The number of carbonyl (C=O) groups excluding carboxylic acids is 2. The molecule has 7 heteroatoms. The summed E-state index contributed by atoms with van der Waals surface area (Å²) >= 11 is 5.99. The summed E-state index contributed by atoms with van der Waals surface area (Å²) in [5.41, 5.74) is 7.24. The Balaban J connectivity index is 1.64. The quantitative estimate of drug-likeness (QED) is 0.449. The molecule has 0 bridgehead atoms. The van der Waals surface area contributed by atoms with Gasteiger partial charge >= 0.3 is 0 Å². The summed E-state index contributed by atoms with van der Waals surface area (Å²) in [6.45, 7) is 0. The molecule has 0 aliphatic carbocycles. The first-order valence-corrected chi connectivity index (χ1v) is 9.63. The zero-order valence-corrected chi connectivity index (χ0v) is 16.3. The molecule has 0 spiro atoms. The average molecular weight is 415 g/mol. The topological polar surface area (TPSA) is 86.3 Å². The minimum Gasteiger partial charge on any atom is -0.354 e. The number of nitrogens with one attached hydrogen (secondary N) is 3. The van der Waals surface area contributed by atoms with Crippen LogP contribution in [0.4, 0.5) is 5.69 Å². The maximum atomic E-state index is 12.7. The number of aromatic amines is 1. The number of amides is 2. The lowest BCUT2D eigenvalue weighted by atomic mass is 10.0. The van der Waals surface area contributed by atoms with Crippen LogP contribution in [0, 0.1) is 0 Å². The van der Waals surface area contributed by atoms with Gasteiger partial charge in [0.05, 0.1) is 17.5 Å². The van der Waals surface area contributed by atoms with E-state index in [1.54, 1.807) is 36.5 Å². The van der Waals surface area contributed by atoms with Crippen LogP contribution in [0.1, 0.15) is 26.3 Å². The van der Waals surface area contributed by atoms with Gasteiger partial charge in [-0.3, -0.25) is 9.59 Å². The number of halogens is 1. The summed E-state index contributed by atoms with van der Waals surface area (Å²) in [7, 11) is 0. The molecule has 0 atom stereocenters. The zero-order valence-electron chi connectivity index (χ0n) is 15.6. The molecule has 3 N–H and O–H groups in total. The molecule has 0 unspecified atom stereocenters. The Labute approximate surface area is 176 Å². The summed E-state index contributed by atoms with van der Waals surface area (Å²) in [4.78, 5) is 28.7.